The van der Waals surface area contributed by atoms with Crippen molar-refractivity contribution in [3.8, 4) is 5.75 Å². The summed E-state index contributed by atoms with van der Waals surface area (Å²) in [4.78, 5) is 4.65. The SMILES string of the molecule is CCNC(=NCC(C)(C)CCS(C)(=O)=O)NCCCCc1ccc(OC)cc1.I. The third-order valence-corrected chi connectivity index (χ3v) is 5.45. The number of unbranched alkanes of at least 4 members (excludes halogenated alkanes) is 1. The van der Waals surface area contributed by atoms with Gasteiger partial charge < -0.3 is 15.4 Å². The van der Waals surface area contributed by atoms with Gasteiger partial charge in [0.15, 0.2) is 5.96 Å². The minimum Gasteiger partial charge on any atom is -0.497 e. The van der Waals surface area contributed by atoms with E-state index in [2.05, 4.69) is 41.6 Å². The fraction of sp³-hybridized carbons (Fsp3) is 0.667. The minimum absolute atomic E-state index is 0. The Hall–Kier alpha value is -1.03. The molecule has 0 aliphatic carbocycles. The van der Waals surface area contributed by atoms with Crippen molar-refractivity contribution in [2.75, 3.05) is 38.8 Å². The van der Waals surface area contributed by atoms with Gasteiger partial charge in [-0.1, -0.05) is 26.0 Å². The van der Waals surface area contributed by atoms with Crippen LogP contribution in [-0.2, 0) is 16.3 Å². The van der Waals surface area contributed by atoms with Gasteiger partial charge >= 0.3 is 0 Å². The molecular formula is C21H38IN3O3S. The number of rotatable bonds is 12. The molecule has 0 saturated carbocycles. The largest absolute Gasteiger partial charge is 0.497 e. The molecule has 0 atom stereocenters. The van der Waals surface area contributed by atoms with Crippen molar-refractivity contribution in [1.29, 1.82) is 0 Å². The molecule has 8 heteroatoms. The number of hydrogen-bond acceptors (Lipinski definition) is 4. The van der Waals surface area contributed by atoms with Crippen molar-refractivity contribution in [2.45, 2.75) is 46.5 Å². The van der Waals surface area contributed by atoms with Crippen LogP contribution in [0.3, 0.4) is 0 Å². The Kier molecular flexibility index (Phi) is 13.6. The first-order valence-corrected chi connectivity index (χ1v) is 12.0. The molecule has 0 aromatic heterocycles. The summed E-state index contributed by atoms with van der Waals surface area (Å²) >= 11 is 0. The van der Waals surface area contributed by atoms with Crippen LogP contribution >= 0.6 is 24.0 Å². The molecule has 0 amide bonds. The summed E-state index contributed by atoms with van der Waals surface area (Å²) in [7, 11) is -1.26. The van der Waals surface area contributed by atoms with Gasteiger partial charge in [-0.3, -0.25) is 4.99 Å². The highest BCUT2D eigenvalue weighted by molar-refractivity contribution is 14.0. The van der Waals surface area contributed by atoms with E-state index in [9.17, 15) is 8.42 Å². The summed E-state index contributed by atoms with van der Waals surface area (Å²) in [6.45, 7) is 8.38. The summed E-state index contributed by atoms with van der Waals surface area (Å²) in [6, 6.07) is 8.21. The topological polar surface area (TPSA) is 79.8 Å². The second-order valence-corrected chi connectivity index (χ2v) is 10.2. The van der Waals surface area contributed by atoms with Crippen LogP contribution in [0.2, 0.25) is 0 Å². The molecule has 0 aliphatic rings. The summed E-state index contributed by atoms with van der Waals surface area (Å²) in [6.07, 6.45) is 5.07. The molecule has 1 rings (SSSR count). The van der Waals surface area contributed by atoms with E-state index >= 15 is 0 Å². The lowest BCUT2D eigenvalue weighted by Gasteiger charge is -2.22. The summed E-state index contributed by atoms with van der Waals surface area (Å²) in [5, 5.41) is 6.63. The van der Waals surface area contributed by atoms with E-state index in [-0.39, 0.29) is 35.1 Å². The number of methoxy groups -OCH3 is 1. The first-order chi connectivity index (χ1) is 13.1. The lowest BCUT2D eigenvalue weighted by Crippen LogP contribution is -2.38. The van der Waals surface area contributed by atoms with Gasteiger partial charge in [0.05, 0.1) is 12.9 Å². The average Bonchev–Trinajstić information content (AvgIpc) is 2.64. The minimum atomic E-state index is -2.94. The predicted molar refractivity (Wildman–Crippen MR) is 133 cm³/mol. The van der Waals surface area contributed by atoms with Gasteiger partial charge in [-0.2, -0.15) is 0 Å². The zero-order valence-electron chi connectivity index (χ0n) is 18.5. The maximum absolute atomic E-state index is 11.4. The van der Waals surface area contributed by atoms with Gasteiger partial charge in [-0.05, 0) is 55.7 Å². The molecule has 0 fully saturated rings. The number of sulfone groups is 1. The van der Waals surface area contributed by atoms with Crippen molar-refractivity contribution >= 4 is 39.8 Å². The van der Waals surface area contributed by atoms with Crippen molar-refractivity contribution in [3.63, 3.8) is 0 Å². The number of nitrogens with one attached hydrogen (secondary N) is 2. The first kappa shape index (κ1) is 28.0. The molecule has 6 nitrogen and oxygen atoms in total. The molecule has 29 heavy (non-hydrogen) atoms. The van der Waals surface area contributed by atoms with E-state index in [4.69, 9.17) is 4.74 Å². The molecule has 2 N–H and O–H groups in total. The number of nitrogens with zero attached hydrogens (tertiary/aromatic N) is 1. The fourth-order valence-corrected chi connectivity index (χ4v) is 3.55. The van der Waals surface area contributed by atoms with Gasteiger partial charge in [0, 0.05) is 25.9 Å². The molecule has 0 saturated heterocycles. The van der Waals surface area contributed by atoms with E-state index in [1.54, 1.807) is 7.11 Å². The van der Waals surface area contributed by atoms with E-state index in [1.165, 1.54) is 11.8 Å². The molecule has 0 heterocycles. The monoisotopic (exact) mass is 539 g/mol. The Bertz CT molecular complexity index is 704. The number of aryl methyl sites for hydroxylation is 1. The number of guanidine groups is 1. The molecule has 0 bridgehead atoms. The van der Waals surface area contributed by atoms with Gasteiger partial charge in [0.25, 0.3) is 0 Å². The maximum Gasteiger partial charge on any atom is 0.191 e. The molecule has 1 aromatic rings. The second-order valence-electron chi connectivity index (χ2n) is 7.97. The standard InChI is InChI=1S/C21H37N3O3S.HI/c1-6-22-20(24-17-21(2,3)14-16-28(5,25)26)23-15-8-7-9-18-10-12-19(27-4)13-11-18;/h10-13H,6-9,14-17H2,1-5H3,(H2,22,23,24);1H. The second kappa shape index (κ2) is 14.1. The van der Waals surface area contributed by atoms with Crippen molar-refractivity contribution in [1.82, 2.24) is 10.6 Å². The third kappa shape index (κ3) is 13.8. The predicted octanol–water partition coefficient (Wildman–Crippen LogP) is 3.65. The van der Waals surface area contributed by atoms with Crippen LogP contribution < -0.4 is 15.4 Å². The van der Waals surface area contributed by atoms with Gasteiger partial charge in [-0.25, -0.2) is 8.42 Å². The third-order valence-electron chi connectivity index (χ3n) is 4.50. The molecule has 1 aromatic carbocycles. The quantitative estimate of drug-likeness (QED) is 0.184. The number of hydrogen-bond donors (Lipinski definition) is 2. The lowest BCUT2D eigenvalue weighted by atomic mass is 9.90. The highest BCUT2D eigenvalue weighted by Gasteiger charge is 2.20. The van der Waals surface area contributed by atoms with Crippen LogP contribution in [0, 0.1) is 5.41 Å². The number of ether oxygens (including phenoxy) is 1. The normalized spacial score (nSPS) is 12.2. The summed E-state index contributed by atoms with van der Waals surface area (Å²) in [5.41, 5.74) is 1.16. The molecule has 168 valence electrons. The molecule has 0 unspecified atom stereocenters. The lowest BCUT2D eigenvalue weighted by molar-refractivity contribution is 0.365. The Morgan fingerprint density at radius 3 is 2.34 bits per heavy atom. The fourth-order valence-electron chi connectivity index (χ4n) is 2.63. The van der Waals surface area contributed by atoms with E-state index in [0.29, 0.717) is 13.0 Å². The molecule has 0 spiro atoms. The van der Waals surface area contributed by atoms with Crippen molar-refractivity contribution in [2.24, 2.45) is 10.4 Å². The number of benzene rings is 1. The molecule has 0 radical (unpaired) electrons. The first-order valence-electron chi connectivity index (χ1n) is 9.98. The van der Waals surface area contributed by atoms with Crippen LogP contribution in [0.5, 0.6) is 5.75 Å². The zero-order chi connectivity index (χ0) is 21.0. The van der Waals surface area contributed by atoms with Crippen LogP contribution in [0.15, 0.2) is 29.3 Å². The van der Waals surface area contributed by atoms with Crippen LogP contribution in [-0.4, -0.2) is 53.1 Å². The summed E-state index contributed by atoms with van der Waals surface area (Å²) < 4.78 is 28.0. The van der Waals surface area contributed by atoms with Gasteiger partial charge in [-0.15, -0.1) is 24.0 Å². The van der Waals surface area contributed by atoms with Crippen molar-refractivity contribution < 1.29 is 13.2 Å². The molecule has 0 aliphatic heterocycles. The van der Waals surface area contributed by atoms with Crippen molar-refractivity contribution in [3.05, 3.63) is 29.8 Å². The maximum atomic E-state index is 11.4. The average molecular weight is 540 g/mol. The summed E-state index contributed by atoms with van der Waals surface area (Å²) in [5.74, 6) is 1.88. The van der Waals surface area contributed by atoms with Crippen LogP contribution in [0.4, 0.5) is 0 Å². The highest BCUT2D eigenvalue weighted by Crippen LogP contribution is 2.21. The van der Waals surface area contributed by atoms with Gasteiger partial charge in [0.1, 0.15) is 15.6 Å². The Morgan fingerprint density at radius 2 is 1.79 bits per heavy atom. The van der Waals surface area contributed by atoms with Crippen LogP contribution in [0.1, 0.15) is 45.6 Å². The number of halogens is 1. The smallest absolute Gasteiger partial charge is 0.191 e. The highest BCUT2D eigenvalue weighted by atomic mass is 127. The molecular weight excluding hydrogens is 501 g/mol. The van der Waals surface area contributed by atoms with E-state index < -0.39 is 9.84 Å². The Balaban J connectivity index is 0.00000784. The Labute approximate surface area is 194 Å². The van der Waals surface area contributed by atoms with Gasteiger partial charge in [0.2, 0.25) is 0 Å². The van der Waals surface area contributed by atoms with E-state index in [0.717, 1.165) is 44.1 Å². The number of aliphatic imine (C=N–C) groups is 1. The van der Waals surface area contributed by atoms with E-state index in [1.807, 2.05) is 19.1 Å². The Morgan fingerprint density at radius 1 is 1.14 bits per heavy atom. The zero-order valence-corrected chi connectivity index (χ0v) is 21.6. The van der Waals surface area contributed by atoms with Crippen LogP contribution in [0.25, 0.3) is 0 Å².